The molecule has 2 N–H and O–H groups in total. The fourth-order valence-corrected chi connectivity index (χ4v) is 2.76. The van der Waals surface area contributed by atoms with Gasteiger partial charge in [0.1, 0.15) is 5.82 Å². The van der Waals surface area contributed by atoms with Crippen LogP contribution in [0.3, 0.4) is 0 Å². The molecule has 1 saturated heterocycles. The molecule has 0 radical (unpaired) electrons. The molecule has 4 nitrogen and oxygen atoms in total. The molecule has 2 heterocycles. The summed E-state index contributed by atoms with van der Waals surface area (Å²) in [4.78, 5) is 11.5. The number of rotatable bonds is 2. The van der Waals surface area contributed by atoms with Crippen molar-refractivity contribution in [2.45, 2.75) is 13.3 Å². The van der Waals surface area contributed by atoms with E-state index in [0.717, 1.165) is 36.5 Å². The van der Waals surface area contributed by atoms with Gasteiger partial charge in [-0.05, 0) is 36.9 Å². The fourth-order valence-electron chi connectivity index (χ4n) is 2.76. The van der Waals surface area contributed by atoms with Crippen LogP contribution in [0.5, 0.6) is 0 Å². The van der Waals surface area contributed by atoms with Crippen LogP contribution in [0.1, 0.15) is 13.3 Å². The summed E-state index contributed by atoms with van der Waals surface area (Å²) in [6.45, 7) is 5.08. The lowest BCUT2D eigenvalue weighted by Crippen LogP contribution is -2.43. The maximum absolute atomic E-state index is 5.86. The molecule has 0 saturated carbocycles. The van der Waals surface area contributed by atoms with Crippen LogP contribution in [-0.4, -0.2) is 29.6 Å². The van der Waals surface area contributed by atoms with Gasteiger partial charge in [-0.2, -0.15) is 0 Å². The highest BCUT2D eigenvalue weighted by molar-refractivity contribution is 5.75. The monoisotopic (exact) mass is 256 g/mol. The molecule has 0 aliphatic carbocycles. The Morgan fingerprint density at radius 2 is 2.11 bits per heavy atom. The van der Waals surface area contributed by atoms with Crippen LogP contribution in [-0.2, 0) is 0 Å². The zero-order valence-corrected chi connectivity index (χ0v) is 11.3. The number of hydrogen-bond acceptors (Lipinski definition) is 4. The third kappa shape index (κ3) is 2.40. The summed E-state index contributed by atoms with van der Waals surface area (Å²) >= 11 is 0. The number of hydrogen-bond donors (Lipinski definition) is 1. The van der Waals surface area contributed by atoms with Crippen molar-refractivity contribution in [2.75, 3.05) is 24.5 Å². The Balaban J connectivity index is 1.87. The first-order valence-corrected chi connectivity index (χ1v) is 6.94. The highest BCUT2D eigenvalue weighted by Crippen LogP contribution is 2.26. The van der Waals surface area contributed by atoms with Gasteiger partial charge in [-0.3, -0.25) is 4.98 Å². The quantitative estimate of drug-likeness (QED) is 0.893. The first kappa shape index (κ1) is 12.4. The SMILES string of the molecule is CC1CCN(c2cnc3ccccc3n2)CC1CN. The molecule has 4 heteroatoms. The highest BCUT2D eigenvalue weighted by atomic mass is 15.2. The third-order valence-corrected chi connectivity index (χ3v) is 4.18. The number of aromatic nitrogens is 2. The standard InChI is InChI=1S/C15H20N4/c1-11-6-7-19(10-12(11)8-16)15-9-17-13-4-2-3-5-14(13)18-15/h2-5,9,11-12H,6-8,10,16H2,1H3. The van der Waals surface area contributed by atoms with E-state index < -0.39 is 0 Å². The van der Waals surface area contributed by atoms with Gasteiger partial charge in [0.05, 0.1) is 17.2 Å². The van der Waals surface area contributed by atoms with Gasteiger partial charge in [0.2, 0.25) is 0 Å². The second kappa shape index (κ2) is 5.13. The molecule has 3 rings (SSSR count). The Bertz CT molecular complexity index is 569. The first-order valence-electron chi connectivity index (χ1n) is 6.94. The summed E-state index contributed by atoms with van der Waals surface area (Å²) in [5, 5.41) is 0. The lowest BCUT2D eigenvalue weighted by atomic mass is 9.87. The number of piperidine rings is 1. The Morgan fingerprint density at radius 3 is 2.89 bits per heavy atom. The number of nitrogens with two attached hydrogens (primary N) is 1. The number of nitrogens with zero attached hydrogens (tertiary/aromatic N) is 3. The van der Waals surface area contributed by atoms with E-state index in [2.05, 4.69) is 16.8 Å². The molecule has 1 aliphatic rings. The van der Waals surface area contributed by atoms with Gasteiger partial charge < -0.3 is 10.6 Å². The largest absolute Gasteiger partial charge is 0.355 e. The summed E-state index contributed by atoms with van der Waals surface area (Å²) < 4.78 is 0. The minimum atomic E-state index is 0.557. The van der Waals surface area contributed by atoms with E-state index in [9.17, 15) is 0 Å². The number of benzene rings is 1. The Morgan fingerprint density at radius 1 is 1.32 bits per heavy atom. The van der Waals surface area contributed by atoms with Crippen molar-refractivity contribution in [1.82, 2.24) is 9.97 Å². The van der Waals surface area contributed by atoms with E-state index in [4.69, 9.17) is 10.7 Å². The van der Waals surface area contributed by atoms with E-state index in [1.165, 1.54) is 6.42 Å². The summed E-state index contributed by atoms with van der Waals surface area (Å²) in [5.74, 6) is 2.24. The Hall–Kier alpha value is -1.68. The number of para-hydroxylation sites is 2. The fraction of sp³-hybridized carbons (Fsp3) is 0.467. The molecular formula is C15H20N4. The smallest absolute Gasteiger partial charge is 0.147 e. The lowest BCUT2D eigenvalue weighted by molar-refractivity contribution is 0.307. The zero-order chi connectivity index (χ0) is 13.2. The number of fused-ring (bicyclic) bond motifs is 1. The van der Waals surface area contributed by atoms with Crippen LogP contribution >= 0.6 is 0 Å². The van der Waals surface area contributed by atoms with Crippen molar-refractivity contribution in [3.8, 4) is 0 Å². The molecule has 100 valence electrons. The molecule has 1 aliphatic heterocycles. The second-order valence-corrected chi connectivity index (χ2v) is 5.42. The van der Waals surface area contributed by atoms with Crippen LogP contribution in [0, 0.1) is 11.8 Å². The summed E-state index contributed by atoms with van der Waals surface area (Å²) in [6.07, 6.45) is 3.06. The highest BCUT2D eigenvalue weighted by Gasteiger charge is 2.25. The average Bonchev–Trinajstić information content (AvgIpc) is 2.47. The lowest BCUT2D eigenvalue weighted by Gasteiger charge is -2.37. The molecular weight excluding hydrogens is 236 g/mol. The van der Waals surface area contributed by atoms with Crippen LogP contribution < -0.4 is 10.6 Å². The summed E-state index contributed by atoms with van der Waals surface area (Å²) in [5.41, 5.74) is 7.77. The zero-order valence-electron chi connectivity index (χ0n) is 11.3. The van der Waals surface area contributed by atoms with E-state index in [0.29, 0.717) is 11.8 Å². The minimum Gasteiger partial charge on any atom is -0.355 e. The maximum atomic E-state index is 5.86. The minimum absolute atomic E-state index is 0.557. The van der Waals surface area contributed by atoms with Crippen molar-refractivity contribution in [3.63, 3.8) is 0 Å². The van der Waals surface area contributed by atoms with Gasteiger partial charge in [-0.1, -0.05) is 19.1 Å². The normalized spacial score (nSPS) is 23.8. The van der Waals surface area contributed by atoms with Crippen molar-refractivity contribution in [1.29, 1.82) is 0 Å². The predicted octanol–water partition coefficient (Wildman–Crippen LogP) is 2.05. The second-order valence-electron chi connectivity index (χ2n) is 5.42. The van der Waals surface area contributed by atoms with E-state index in [1.807, 2.05) is 30.5 Å². The number of anilines is 1. The van der Waals surface area contributed by atoms with Gasteiger partial charge in [0, 0.05) is 13.1 Å². The molecule has 2 aromatic rings. The molecule has 2 unspecified atom stereocenters. The van der Waals surface area contributed by atoms with Crippen molar-refractivity contribution in [3.05, 3.63) is 30.5 Å². The van der Waals surface area contributed by atoms with Crippen LogP contribution in [0.4, 0.5) is 5.82 Å². The van der Waals surface area contributed by atoms with Gasteiger partial charge in [-0.15, -0.1) is 0 Å². The molecule has 19 heavy (non-hydrogen) atoms. The van der Waals surface area contributed by atoms with E-state index in [-0.39, 0.29) is 0 Å². The topological polar surface area (TPSA) is 55.0 Å². The van der Waals surface area contributed by atoms with Crippen molar-refractivity contribution in [2.24, 2.45) is 17.6 Å². The maximum Gasteiger partial charge on any atom is 0.147 e. The van der Waals surface area contributed by atoms with Gasteiger partial charge in [0.15, 0.2) is 0 Å². The van der Waals surface area contributed by atoms with Crippen LogP contribution in [0.2, 0.25) is 0 Å². The van der Waals surface area contributed by atoms with E-state index in [1.54, 1.807) is 0 Å². The van der Waals surface area contributed by atoms with Gasteiger partial charge in [0.25, 0.3) is 0 Å². The van der Waals surface area contributed by atoms with Gasteiger partial charge >= 0.3 is 0 Å². The van der Waals surface area contributed by atoms with Crippen molar-refractivity contribution < 1.29 is 0 Å². The first-order chi connectivity index (χ1) is 9.28. The van der Waals surface area contributed by atoms with Crippen molar-refractivity contribution >= 4 is 16.9 Å². The van der Waals surface area contributed by atoms with Crippen LogP contribution in [0.25, 0.3) is 11.0 Å². The Labute approximate surface area is 113 Å². The molecule has 0 spiro atoms. The molecule has 0 amide bonds. The molecule has 1 aromatic carbocycles. The van der Waals surface area contributed by atoms with Gasteiger partial charge in [-0.25, -0.2) is 4.98 Å². The third-order valence-electron chi connectivity index (χ3n) is 4.18. The molecule has 2 atom stereocenters. The van der Waals surface area contributed by atoms with Crippen LogP contribution in [0.15, 0.2) is 30.5 Å². The molecule has 1 aromatic heterocycles. The molecule has 1 fully saturated rings. The summed E-state index contributed by atoms with van der Waals surface area (Å²) in [7, 11) is 0. The average molecular weight is 256 g/mol. The molecule has 0 bridgehead atoms. The van der Waals surface area contributed by atoms with E-state index >= 15 is 0 Å². The predicted molar refractivity (Wildman–Crippen MR) is 78.1 cm³/mol. The Kier molecular flexibility index (Phi) is 3.34. The summed E-state index contributed by atoms with van der Waals surface area (Å²) in [6, 6.07) is 8.00.